The van der Waals surface area contributed by atoms with Gasteiger partial charge in [0.1, 0.15) is 5.60 Å². The molecule has 3 nitrogen and oxygen atoms in total. The molecule has 0 aromatic heterocycles. The van der Waals surface area contributed by atoms with E-state index in [9.17, 15) is 4.79 Å². The van der Waals surface area contributed by atoms with Gasteiger partial charge in [0.05, 0.1) is 17.8 Å². The van der Waals surface area contributed by atoms with E-state index in [1.54, 1.807) is 0 Å². The maximum atomic E-state index is 11.2. The van der Waals surface area contributed by atoms with E-state index in [1.807, 2.05) is 44.2 Å². The van der Waals surface area contributed by atoms with Crippen LogP contribution in [0.5, 0.6) is 0 Å². The molecule has 0 radical (unpaired) electrons. The summed E-state index contributed by atoms with van der Waals surface area (Å²) in [6, 6.07) is 9.59. The first kappa shape index (κ1) is 9.90. The topological polar surface area (TPSA) is 38.7 Å². The minimum Gasteiger partial charge on any atom is -0.453 e. The predicted molar refractivity (Wildman–Crippen MR) is 58.3 cm³/mol. The van der Waals surface area contributed by atoms with Crippen LogP contribution in [0.15, 0.2) is 35.3 Å². The second kappa shape index (κ2) is 3.50. The Bertz CT molecular complexity index is 407. The first-order valence-electron chi connectivity index (χ1n) is 4.93. The largest absolute Gasteiger partial charge is 0.453 e. The lowest BCUT2D eigenvalue weighted by Crippen LogP contribution is -2.27. The van der Waals surface area contributed by atoms with Gasteiger partial charge in [-0.15, -0.1) is 0 Å². The molecule has 1 aliphatic rings. The zero-order valence-corrected chi connectivity index (χ0v) is 8.86. The molecule has 0 atom stereocenters. The molecule has 0 unspecified atom stereocenters. The number of carbonyl (C=O) groups is 1. The van der Waals surface area contributed by atoms with Crippen molar-refractivity contribution in [1.82, 2.24) is 0 Å². The second-order valence-electron chi connectivity index (χ2n) is 4.06. The van der Waals surface area contributed by atoms with Crippen molar-refractivity contribution in [2.24, 2.45) is 4.99 Å². The summed E-state index contributed by atoms with van der Waals surface area (Å²) in [5.74, 6) is -0.199. The van der Waals surface area contributed by atoms with Crippen LogP contribution in [0.2, 0.25) is 0 Å². The van der Waals surface area contributed by atoms with Gasteiger partial charge in [0.25, 0.3) is 0 Å². The van der Waals surface area contributed by atoms with Gasteiger partial charge >= 0.3 is 5.97 Å². The molecule has 1 saturated heterocycles. The van der Waals surface area contributed by atoms with E-state index in [2.05, 4.69) is 4.99 Å². The lowest BCUT2D eigenvalue weighted by Gasteiger charge is -2.16. The quantitative estimate of drug-likeness (QED) is 0.658. The maximum Gasteiger partial charge on any atom is 0.312 e. The van der Waals surface area contributed by atoms with Crippen molar-refractivity contribution in [3.8, 4) is 0 Å². The Balaban J connectivity index is 2.32. The Morgan fingerprint density at radius 3 is 2.47 bits per heavy atom. The minimum absolute atomic E-state index is 0.199. The molecule has 1 fully saturated rings. The first-order valence-corrected chi connectivity index (χ1v) is 4.93. The minimum atomic E-state index is -0.563. The van der Waals surface area contributed by atoms with Gasteiger partial charge in [0.2, 0.25) is 0 Å². The molecule has 0 spiro atoms. The Labute approximate surface area is 88.8 Å². The Hall–Kier alpha value is -1.64. The molecule has 0 bridgehead atoms. The van der Waals surface area contributed by atoms with Crippen molar-refractivity contribution in [3.63, 3.8) is 0 Å². The number of cyclic esters (lactones) is 1. The third-order valence-electron chi connectivity index (χ3n) is 2.40. The first-order chi connectivity index (χ1) is 7.08. The average molecular weight is 203 g/mol. The summed E-state index contributed by atoms with van der Waals surface area (Å²) < 4.78 is 5.16. The number of hydrogen-bond acceptors (Lipinski definition) is 3. The molecule has 0 N–H and O–H groups in total. The fraction of sp³-hybridized carbons (Fsp3) is 0.333. The highest BCUT2D eigenvalue weighted by molar-refractivity contribution is 6.09. The normalized spacial score (nSPS) is 21.7. The summed E-state index contributed by atoms with van der Waals surface area (Å²) >= 11 is 0. The summed E-state index contributed by atoms with van der Waals surface area (Å²) in [4.78, 5) is 15.6. The highest BCUT2D eigenvalue weighted by Gasteiger charge is 2.37. The summed E-state index contributed by atoms with van der Waals surface area (Å²) in [5, 5.41) is 0. The van der Waals surface area contributed by atoms with E-state index in [0.29, 0.717) is 6.42 Å². The molecule has 15 heavy (non-hydrogen) atoms. The van der Waals surface area contributed by atoms with Crippen LogP contribution in [0.4, 0.5) is 5.69 Å². The summed E-state index contributed by atoms with van der Waals surface area (Å²) in [6.45, 7) is 3.72. The zero-order valence-electron chi connectivity index (χ0n) is 8.86. The highest BCUT2D eigenvalue weighted by atomic mass is 16.6. The van der Waals surface area contributed by atoms with Crippen molar-refractivity contribution in [3.05, 3.63) is 30.3 Å². The molecule has 2 rings (SSSR count). The van der Waals surface area contributed by atoms with Crippen LogP contribution in [0.25, 0.3) is 0 Å². The van der Waals surface area contributed by atoms with Gasteiger partial charge in [0, 0.05) is 0 Å². The van der Waals surface area contributed by atoms with E-state index in [4.69, 9.17) is 4.74 Å². The molecule has 0 amide bonds. The van der Waals surface area contributed by atoms with Crippen LogP contribution in [-0.4, -0.2) is 17.3 Å². The Kier molecular flexibility index (Phi) is 2.31. The predicted octanol–water partition coefficient (Wildman–Crippen LogP) is 2.48. The van der Waals surface area contributed by atoms with Crippen molar-refractivity contribution < 1.29 is 9.53 Å². The summed E-state index contributed by atoms with van der Waals surface area (Å²) in [6.07, 6.45) is 0.294. The second-order valence-corrected chi connectivity index (χ2v) is 4.06. The molecular weight excluding hydrogens is 190 g/mol. The molecule has 0 aliphatic carbocycles. The number of nitrogens with zero attached hydrogens (tertiary/aromatic N) is 1. The van der Waals surface area contributed by atoms with Crippen molar-refractivity contribution >= 4 is 17.4 Å². The summed E-state index contributed by atoms with van der Waals surface area (Å²) in [5.41, 5.74) is 1.09. The monoisotopic (exact) mass is 203 g/mol. The van der Waals surface area contributed by atoms with Crippen LogP contribution in [-0.2, 0) is 9.53 Å². The smallest absolute Gasteiger partial charge is 0.312 e. The van der Waals surface area contributed by atoms with Crippen LogP contribution in [0.1, 0.15) is 20.3 Å². The van der Waals surface area contributed by atoms with Gasteiger partial charge in [-0.1, -0.05) is 18.2 Å². The van der Waals surface area contributed by atoms with E-state index in [-0.39, 0.29) is 5.97 Å². The van der Waals surface area contributed by atoms with Gasteiger partial charge in [-0.3, -0.25) is 9.79 Å². The Morgan fingerprint density at radius 2 is 1.93 bits per heavy atom. The molecule has 78 valence electrons. The molecular formula is C12H13NO2. The number of para-hydroxylation sites is 1. The van der Waals surface area contributed by atoms with E-state index in [0.717, 1.165) is 11.4 Å². The highest BCUT2D eigenvalue weighted by Crippen LogP contribution is 2.25. The molecule has 1 aromatic rings. The summed E-state index contributed by atoms with van der Waals surface area (Å²) in [7, 11) is 0. The number of rotatable bonds is 1. The third-order valence-corrected chi connectivity index (χ3v) is 2.40. The Morgan fingerprint density at radius 1 is 1.27 bits per heavy atom. The van der Waals surface area contributed by atoms with E-state index in [1.165, 1.54) is 0 Å². The van der Waals surface area contributed by atoms with Gasteiger partial charge in [-0.05, 0) is 26.0 Å². The van der Waals surface area contributed by atoms with Crippen LogP contribution >= 0.6 is 0 Å². The molecule has 1 aliphatic heterocycles. The maximum absolute atomic E-state index is 11.2. The zero-order chi connectivity index (χ0) is 10.9. The van der Waals surface area contributed by atoms with Crippen molar-refractivity contribution in [1.29, 1.82) is 0 Å². The lowest BCUT2D eigenvalue weighted by atomic mass is 10.0. The number of esters is 1. The van der Waals surface area contributed by atoms with Gasteiger partial charge in [0.15, 0.2) is 0 Å². The van der Waals surface area contributed by atoms with Crippen LogP contribution in [0.3, 0.4) is 0 Å². The number of benzene rings is 1. The van der Waals surface area contributed by atoms with Gasteiger partial charge in [-0.25, -0.2) is 0 Å². The molecule has 0 saturated carbocycles. The third kappa shape index (κ3) is 2.06. The van der Waals surface area contributed by atoms with Crippen LogP contribution < -0.4 is 0 Å². The average Bonchev–Trinajstić information content (AvgIpc) is 2.41. The van der Waals surface area contributed by atoms with Crippen molar-refractivity contribution in [2.75, 3.05) is 0 Å². The fourth-order valence-corrected chi connectivity index (χ4v) is 1.56. The van der Waals surface area contributed by atoms with E-state index < -0.39 is 5.60 Å². The standard InChI is InChI=1S/C12H13NO2/c1-12(2)10(8-11(14)15-12)13-9-6-4-3-5-7-9/h3-7H,8H2,1-2H3. The molecule has 1 aromatic carbocycles. The number of carbonyl (C=O) groups excluding carboxylic acids is 1. The molecule has 3 heteroatoms. The number of ether oxygens (including phenoxy) is 1. The van der Waals surface area contributed by atoms with Crippen LogP contribution in [0, 0.1) is 0 Å². The van der Waals surface area contributed by atoms with Crippen molar-refractivity contribution in [2.45, 2.75) is 25.9 Å². The van der Waals surface area contributed by atoms with E-state index >= 15 is 0 Å². The lowest BCUT2D eigenvalue weighted by molar-refractivity contribution is -0.145. The molecule has 1 heterocycles. The fourth-order valence-electron chi connectivity index (χ4n) is 1.56. The number of aliphatic imine (C=N–C) groups is 1. The SMILES string of the molecule is CC1(C)OC(=O)CC1=Nc1ccccc1. The number of hydrogen-bond donors (Lipinski definition) is 0. The van der Waals surface area contributed by atoms with Gasteiger partial charge < -0.3 is 4.74 Å². The van der Waals surface area contributed by atoms with Gasteiger partial charge in [-0.2, -0.15) is 0 Å².